The molecule has 0 spiro atoms. The van der Waals surface area contributed by atoms with Crippen LogP contribution >= 0.6 is 0 Å². The molecule has 1 aromatic carbocycles. The molecule has 0 aliphatic rings. The monoisotopic (exact) mass is 378 g/mol. The molecule has 0 fully saturated rings. The fraction of sp³-hybridized carbons (Fsp3) is 0.111. The first-order valence-electron chi connectivity index (χ1n) is 8.26. The quantitative estimate of drug-likeness (QED) is 0.506. The summed E-state index contributed by atoms with van der Waals surface area (Å²) in [6.45, 7) is 1.53. The van der Waals surface area contributed by atoms with Crippen LogP contribution < -0.4 is 5.32 Å². The predicted octanol–water partition coefficient (Wildman–Crippen LogP) is 2.42. The number of hydrogen-bond donors (Lipinski definition) is 1. The number of benzene rings is 1. The third kappa shape index (κ3) is 3.56. The van der Waals surface area contributed by atoms with Crippen LogP contribution in [0, 0.1) is 0 Å². The Morgan fingerprint density at radius 2 is 1.96 bits per heavy atom. The van der Waals surface area contributed by atoms with E-state index in [4.69, 9.17) is 8.83 Å². The highest BCUT2D eigenvalue weighted by Crippen LogP contribution is 2.23. The number of oxazole rings is 2. The highest BCUT2D eigenvalue weighted by Gasteiger charge is 2.19. The Balaban J connectivity index is 1.46. The Morgan fingerprint density at radius 3 is 2.71 bits per heavy atom. The Morgan fingerprint density at radius 1 is 1.14 bits per heavy atom. The molecule has 0 atom stereocenters. The minimum atomic E-state index is -0.474. The molecule has 4 aromatic rings. The maximum Gasteiger partial charge on any atom is 0.279 e. The number of nitrogens with one attached hydrogen (secondary N) is 1. The molecule has 0 aliphatic heterocycles. The van der Waals surface area contributed by atoms with Crippen LogP contribution in [0.3, 0.4) is 0 Å². The minimum Gasteiger partial charge on any atom is -0.443 e. The molecule has 3 heterocycles. The van der Waals surface area contributed by atoms with Gasteiger partial charge in [0.2, 0.25) is 5.78 Å². The molecule has 1 N–H and O–H groups in total. The summed E-state index contributed by atoms with van der Waals surface area (Å²) >= 11 is 0. The summed E-state index contributed by atoms with van der Waals surface area (Å²) in [5.41, 5.74) is 0.877. The van der Waals surface area contributed by atoms with E-state index < -0.39 is 5.91 Å². The van der Waals surface area contributed by atoms with Crippen LogP contribution in [0.5, 0.6) is 0 Å². The van der Waals surface area contributed by atoms with Crippen molar-refractivity contribution >= 4 is 17.5 Å². The average molecular weight is 378 g/mol. The summed E-state index contributed by atoms with van der Waals surface area (Å²) in [6.07, 6.45) is 4.03. The van der Waals surface area contributed by atoms with Crippen molar-refractivity contribution < 1.29 is 18.4 Å². The molecule has 3 aromatic heterocycles. The summed E-state index contributed by atoms with van der Waals surface area (Å²) in [4.78, 5) is 32.9. The normalized spacial score (nSPS) is 10.8. The van der Waals surface area contributed by atoms with Crippen molar-refractivity contribution in [1.82, 2.24) is 25.0 Å². The number of aromatic nitrogens is 5. The Bertz CT molecular complexity index is 1130. The second-order valence-electron chi connectivity index (χ2n) is 5.80. The maximum atomic E-state index is 12.5. The van der Waals surface area contributed by atoms with Crippen molar-refractivity contribution in [2.45, 2.75) is 13.5 Å². The molecule has 10 nitrogen and oxygen atoms in total. The topological polar surface area (TPSA) is 129 Å². The zero-order chi connectivity index (χ0) is 19.5. The average Bonchev–Trinajstić information content (AvgIpc) is 3.43. The van der Waals surface area contributed by atoms with Gasteiger partial charge < -0.3 is 14.2 Å². The number of ketones is 1. The van der Waals surface area contributed by atoms with E-state index in [1.54, 1.807) is 0 Å². The molecule has 0 aliphatic carbocycles. The minimum absolute atomic E-state index is 0.0233. The highest BCUT2D eigenvalue weighted by atomic mass is 16.4. The second-order valence-corrected chi connectivity index (χ2v) is 5.80. The maximum absolute atomic E-state index is 12.5. The van der Waals surface area contributed by atoms with Gasteiger partial charge in [-0.25, -0.2) is 9.97 Å². The van der Waals surface area contributed by atoms with Crippen molar-refractivity contribution in [1.29, 1.82) is 0 Å². The lowest BCUT2D eigenvalue weighted by Gasteiger charge is -2.01. The molecular formula is C18H14N6O4. The molecule has 0 bridgehead atoms. The predicted molar refractivity (Wildman–Crippen MR) is 95.5 cm³/mol. The van der Waals surface area contributed by atoms with Gasteiger partial charge in [0.25, 0.3) is 11.8 Å². The van der Waals surface area contributed by atoms with Gasteiger partial charge in [-0.3, -0.25) is 9.59 Å². The molecule has 4 rings (SSSR count). The van der Waals surface area contributed by atoms with Crippen molar-refractivity contribution in [3.63, 3.8) is 0 Å². The van der Waals surface area contributed by atoms with E-state index in [0.29, 0.717) is 11.5 Å². The number of hydrogen-bond acceptors (Lipinski definition) is 8. The van der Waals surface area contributed by atoms with Crippen molar-refractivity contribution in [2.24, 2.45) is 0 Å². The molecule has 1 amide bonds. The fourth-order valence-corrected chi connectivity index (χ4v) is 2.49. The lowest BCUT2D eigenvalue weighted by Crippen LogP contribution is -2.14. The van der Waals surface area contributed by atoms with E-state index in [9.17, 15) is 9.59 Å². The van der Waals surface area contributed by atoms with Gasteiger partial charge in [0.15, 0.2) is 23.7 Å². The largest absolute Gasteiger partial charge is 0.443 e. The lowest BCUT2D eigenvalue weighted by atomic mass is 10.1. The summed E-state index contributed by atoms with van der Waals surface area (Å²) in [5, 5.41) is 10.8. The fourth-order valence-electron chi connectivity index (χ4n) is 2.49. The van der Waals surface area contributed by atoms with Crippen LogP contribution in [-0.4, -0.2) is 36.7 Å². The molecule has 140 valence electrons. The Hall–Kier alpha value is -4.08. The first kappa shape index (κ1) is 17.3. The number of rotatable bonds is 6. The van der Waals surface area contributed by atoms with Crippen LogP contribution in [0.4, 0.5) is 5.82 Å². The smallest absolute Gasteiger partial charge is 0.279 e. The second kappa shape index (κ2) is 7.27. The van der Waals surface area contributed by atoms with E-state index in [-0.39, 0.29) is 29.7 Å². The van der Waals surface area contributed by atoms with Gasteiger partial charge in [0, 0.05) is 12.5 Å². The number of Topliss-reactive ketones (excluding diaryl/α,β-unsaturated/α-hetero) is 1. The van der Waals surface area contributed by atoms with Gasteiger partial charge >= 0.3 is 0 Å². The van der Waals surface area contributed by atoms with Crippen LogP contribution in [0.2, 0.25) is 0 Å². The molecule has 28 heavy (non-hydrogen) atoms. The van der Waals surface area contributed by atoms with Gasteiger partial charge in [0.05, 0.1) is 12.4 Å². The Labute approximate surface area is 158 Å². The zero-order valence-corrected chi connectivity index (χ0v) is 14.7. The zero-order valence-electron chi connectivity index (χ0n) is 14.7. The number of nitrogens with zero attached hydrogens (tertiary/aromatic N) is 5. The van der Waals surface area contributed by atoms with Gasteiger partial charge in [-0.2, -0.15) is 9.90 Å². The number of carbonyl (C=O) groups excluding carboxylic acids is 2. The van der Waals surface area contributed by atoms with E-state index >= 15 is 0 Å². The molecule has 0 unspecified atom stereocenters. The lowest BCUT2D eigenvalue weighted by molar-refractivity contribution is 0.0977. The van der Waals surface area contributed by atoms with E-state index in [1.807, 2.05) is 30.3 Å². The van der Waals surface area contributed by atoms with Crippen LogP contribution in [0.15, 0.2) is 58.0 Å². The summed E-state index contributed by atoms with van der Waals surface area (Å²) in [5.74, 6) is 0.298. The Kier molecular flexibility index (Phi) is 4.50. The van der Waals surface area contributed by atoms with Gasteiger partial charge in [-0.1, -0.05) is 30.3 Å². The number of amides is 1. The van der Waals surface area contributed by atoms with Crippen LogP contribution in [0.1, 0.15) is 33.9 Å². The molecule has 10 heteroatoms. The van der Waals surface area contributed by atoms with Crippen molar-refractivity contribution in [2.75, 3.05) is 5.32 Å². The van der Waals surface area contributed by atoms with E-state index in [0.717, 1.165) is 5.56 Å². The first-order chi connectivity index (χ1) is 13.6. The number of anilines is 1. The standard InChI is InChI=1S/C18H14N6O4/c1-11(25)18-19-7-13(28-18)9-24-21-8-14(23-24)22-17(26)15-16(27-10-20-15)12-5-3-2-4-6-12/h2-8,10H,9H2,1H3,(H,22,23,26). The first-order valence-corrected chi connectivity index (χ1v) is 8.26. The molecular weight excluding hydrogens is 364 g/mol. The third-order valence-corrected chi connectivity index (χ3v) is 3.75. The van der Waals surface area contributed by atoms with Crippen molar-refractivity contribution in [3.05, 3.63) is 66.5 Å². The van der Waals surface area contributed by atoms with Gasteiger partial charge in [-0.15, -0.1) is 5.10 Å². The third-order valence-electron chi connectivity index (χ3n) is 3.75. The molecule has 0 saturated heterocycles. The van der Waals surface area contributed by atoms with Crippen LogP contribution in [-0.2, 0) is 6.54 Å². The summed E-state index contributed by atoms with van der Waals surface area (Å²) in [7, 11) is 0. The van der Waals surface area contributed by atoms with E-state index in [1.165, 1.54) is 30.5 Å². The molecule has 0 radical (unpaired) electrons. The molecule has 0 saturated carbocycles. The van der Waals surface area contributed by atoms with E-state index in [2.05, 4.69) is 25.5 Å². The highest BCUT2D eigenvalue weighted by molar-refractivity contribution is 6.05. The van der Waals surface area contributed by atoms with Gasteiger partial charge in [-0.05, 0) is 0 Å². The van der Waals surface area contributed by atoms with Crippen molar-refractivity contribution in [3.8, 4) is 11.3 Å². The summed E-state index contributed by atoms with van der Waals surface area (Å²) in [6, 6.07) is 9.19. The summed E-state index contributed by atoms with van der Waals surface area (Å²) < 4.78 is 10.6. The number of carbonyl (C=O) groups is 2. The SMILES string of the molecule is CC(=O)c1ncc(Cn2ncc(NC(=O)c3ncoc3-c3ccccc3)n2)o1. The van der Waals surface area contributed by atoms with Crippen LogP contribution in [0.25, 0.3) is 11.3 Å². The van der Waals surface area contributed by atoms with Gasteiger partial charge in [0.1, 0.15) is 12.3 Å².